The maximum absolute atomic E-state index is 13.2. The Labute approximate surface area is 208 Å². The van der Waals surface area contributed by atoms with Crippen LogP contribution in [0.4, 0.5) is 11.4 Å². The van der Waals surface area contributed by atoms with E-state index in [1.165, 1.54) is 29.4 Å². The van der Waals surface area contributed by atoms with Crippen molar-refractivity contribution in [2.24, 2.45) is 0 Å². The van der Waals surface area contributed by atoms with Gasteiger partial charge in [0.15, 0.2) is 6.61 Å². The Bertz CT molecular complexity index is 1380. The summed E-state index contributed by atoms with van der Waals surface area (Å²) in [5.41, 5.74) is 3.18. The van der Waals surface area contributed by atoms with E-state index >= 15 is 0 Å². The number of hydrogen-bond donors (Lipinski definition) is 2. The van der Waals surface area contributed by atoms with Gasteiger partial charge in [0.2, 0.25) is 15.9 Å². The monoisotopic (exact) mass is 513 g/mol. The minimum atomic E-state index is -3.74. The minimum absolute atomic E-state index is 0.0634. The molecule has 1 aliphatic heterocycles. The fourth-order valence-electron chi connectivity index (χ4n) is 3.80. The van der Waals surface area contributed by atoms with Crippen LogP contribution in [0.1, 0.15) is 18.1 Å². The lowest BCUT2D eigenvalue weighted by atomic mass is 10.0. The lowest BCUT2D eigenvalue weighted by Crippen LogP contribution is -2.35. The third kappa shape index (κ3) is 6.00. The van der Waals surface area contributed by atoms with Crippen LogP contribution in [0, 0.1) is 0 Å². The number of sulfonamides is 1. The second-order valence-electron chi connectivity index (χ2n) is 8.05. The van der Waals surface area contributed by atoms with Gasteiger partial charge in [-0.15, -0.1) is 0 Å². The van der Waals surface area contributed by atoms with Crippen LogP contribution >= 0.6 is 11.6 Å². The van der Waals surface area contributed by atoms with E-state index in [9.17, 15) is 18.0 Å². The molecule has 10 heteroatoms. The van der Waals surface area contributed by atoms with Crippen LogP contribution in [0.3, 0.4) is 0 Å². The average molecular weight is 514 g/mol. The number of carbonyl (C=O) groups is 2. The second-order valence-corrected chi connectivity index (χ2v) is 10.4. The van der Waals surface area contributed by atoms with Gasteiger partial charge >= 0.3 is 0 Å². The molecule has 0 unspecified atom stereocenters. The van der Waals surface area contributed by atoms with E-state index in [-0.39, 0.29) is 28.2 Å². The Balaban J connectivity index is 1.39. The van der Waals surface area contributed by atoms with Gasteiger partial charge in [-0.3, -0.25) is 9.59 Å². The number of benzene rings is 3. The van der Waals surface area contributed by atoms with Crippen molar-refractivity contribution < 1.29 is 22.7 Å². The summed E-state index contributed by atoms with van der Waals surface area (Å²) in [5.74, 6) is -0.469. The molecule has 0 bridgehead atoms. The zero-order valence-corrected chi connectivity index (χ0v) is 20.5. The molecule has 0 fully saturated rings. The molecule has 2 amide bonds. The zero-order chi connectivity index (χ0) is 25.0. The highest BCUT2D eigenvalue weighted by Crippen LogP contribution is 2.31. The Hall–Kier alpha value is -3.40. The molecule has 0 atom stereocenters. The van der Waals surface area contributed by atoms with Gasteiger partial charge in [0, 0.05) is 31.4 Å². The fourth-order valence-corrected chi connectivity index (χ4v) is 5.55. The quantitative estimate of drug-likeness (QED) is 0.495. The highest BCUT2D eigenvalue weighted by molar-refractivity contribution is 7.89. The Morgan fingerprint density at radius 1 is 0.971 bits per heavy atom. The molecule has 8 nitrogen and oxygen atoms in total. The van der Waals surface area contributed by atoms with Crippen LogP contribution in [-0.4, -0.2) is 37.7 Å². The predicted octanol–water partition coefficient (Wildman–Crippen LogP) is 4.06. The normalized spacial score (nSPS) is 13.5. The summed E-state index contributed by atoms with van der Waals surface area (Å²) in [5, 5.41) is 5.40. The summed E-state index contributed by atoms with van der Waals surface area (Å²) in [7, 11) is -3.74. The van der Waals surface area contributed by atoms with Crippen LogP contribution in [0.5, 0.6) is 5.75 Å². The number of rotatable bonds is 7. The SMILES string of the molecule is CC(=O)Nc1cccc(NC(=O)COc2ccc(S(=O)(=O)N3CCc4ccccc4C3)cc2Cl)c1. The fraction of sp³-hybridized carbons (Fsp3) is 0.200. The molecule has 1 heterocycles. The van der Waals surface area contributed by atoms with Gasteiger partial charge in [-0.2, -0.15) is 4.31 Å². The average Bonchev–Trinajstić information content (AvgIpc) is 2.82. The molecule has 0 saturated heterocycles. The Morgan fingerprint density at radius 2 is 1.69 bits per heavy atom. The van der Waals surface area contributed by atoms with Crippen molar-refractivity contribution in [2.75, 3.05) is 23.8 Å². The molecule has 0 radical (unpaired) electrons. The molecule has 4 rings (SSSR count). The van der Waals surface area contributed by atoms with Crippen molar-refractivity contribution >= 4 is 44.8 Å². The van der Waals surface area contributed by atoms with E-state index in [0.717, 1.165) is 11.1 Å². The van der Waals surface area contributed by atoms with Crippen LogP contribution in [0.25, 0.3) is 0 Å². The number of anilines is 2. The largest absolute Gasteiger partial charge is 0.482 e. The van der Waals surface area contributed by atoms with Crippen LogP contribution < -0.4 is 15.4 Å². The summed E-state index contributed by atoms with van der Waals surface area (Å²) in [4.78, 5) is 23.5. The predicted molar refractivity (Wildman–Crippen MR) is 134 cm³/mol. The van der Waals surface area contributed by atoms with E-state index < -0.39 is 15.9 Å². The minimum Gasteiger partial charge on any atom is -0.482 e. The molecule has 0 spiro atoms. The lowest BCUT2D eigenvalue weighted by Gasteiger charge is -2.28. The molecule has 1 aliphatic rings. The number of hydrogen-bond acceptors (Lipinski definition) is 5. The number of fused-ring (bicyclic) bond motifs is 1. The highest BCUT2D eigenvalue weighted by atomic mass is 35.5. The van der Waals surface area contributed by atoms with E-state index in [2.05, 4.69) is 10.6 Å². The first-order valence-electron chi connectivity index (χ1n) is 10.9. The van der Waals surface area contributed by atoms with Gasteiger partial charge < -0.3 is 15.4 Å². The molecule has 2 N–H and O–H groups in total. The van der Waals surface area contributed by atoms with Crippen molar-refractivity contribution in [2.45, 2.75) is 24.8 Å². The van der Waals surface area contributed by atoms with Gasteiger partial charge in [0.1, 0.15) is 5.75 Å². The lowest BCUT2D eigenvalue weighted by molar-refractivity contribution is -0.118. The van der Waals surface area contributed by atoms with Crippen molar-refractivity contribution in [3.63, 3.8) is 0 Å². The number of carbonyl (C=O) groups excluding carboxylic acids is 2. The second kappa shape index (κ2) is 10.5. The maximum atomic E-state index is 13.2. The molecule has 3 aromatic carbocycles. The van der Waals surface area contributed by atoms with E-state index in [1.807, 2.05) is 24.3 Å². The summed E-state index contributed by atoms with van der Waals surface area (Å²) in [6.07, 6.45) is 0.646. The molecule has 3 aromatic rings. The van der Waals surface area contributed by atoms with Crippen molar-refractivity contribution in [1.82, 2.24) is 4.31 Å². The number of nitrogens with zero attached hydrogens (tertiary/aromatic N) is 1. The molecule has 0 aliphatic carbocycles. The topological polar surface area (TPSA) is 105 Å². The first kappa shape index (κ1) is 24.7. The first-order chi connectivity index (χ1) is 16.7. The van der Waals surface area contributed by atoms with Crippen LogP contribution in [0.15, 0.2) is 71.6 Å². The van der Waals surface area contributed by atoms with Gasteiger partial charge in [0.05, 0.1) is 9.92 Å². The van der Waals surface area contributed by atoms with E-state index in [1.54, 1.807) is 24.3 Å². The van der Waals surface area contributed by atoms with Crippen molar-refractivity contribution in [3.05, 3.63) is 82.9 Å². The maximum Gasteiger partial charge on any atom is 0.262 e. The Morgan fingerprint density at radius 3 is 2.40 bits per heavy atom. The van der Waals surface area contributed by atoms with Crippen molar-refractivity contribution in [1.29, 1.82) is 0 Å². The summed E-state index contributed by atoms with van der Waals surface area (Å²) >= 11 is 6.29. The van der Waals surface area contributed by atoms with Gasteiger partial charge in [-0.1, -0.05) is 41.9 Å². The zero-order valence-electron chi connectivity index (χ0n) is 19.0. The standard InChI is InChI=1S/C25H24ClN3O5S/c1-17(30)27-20-7-4-8-21(13-20)28-25(31)16-34-24-10-9-22(14-23(24)26)35(32,33)29-12-11-18-5-2-3-6-19(18)15-29/h2-10,13-14H,11-12,15-16H2,1H3,(H,27,30)(H,28,31). The highest BCUT2D eigenvalue weighted by Gasteiger charge is 2.28. The summed E-state index contributed by atoms with van der Waals surface area (Å²) in [6, 6.07) is 18.7. The number of ether oxygens (including phenoxy) is 1. The number of nitrogens with one attached hydrogen (secondary N) is 2. The first-order valence-corrected chi connectivity index (χ1v) is 12.7. The van der Waals surface area contributed by atoms with Crippen LogP contribution in [-0.2, 0) is 32.6 Å². The van der Waals surface area contributed by atoms with Gasteiger partial charge in [-0.25, -0.2) is 8.42 Å². The molecule has 0 aromatic heterocycles. The number of halogens is 1. The molecule has 35 heavy (non-hydrogen) atoms. The molecule has 0 saturated carbocycles. The third-order valence-electron chi connectivity index (χ3n) is 5.46. The van der Waals surface area contributed by atoms with E-state index in [4.69, 9.17) is 16.3 Å². The third-order valence-corrected chi connectivity index (χ3v) is 7.60. The number of amides is 2. The Kier molecular flexibility index (Phi) is 7.39. The van der Waals surface area contributed by atoms with Gasteiger partial charge in [0.25, 0.3) is 5.91 Å². The molecular weight excluding hydrogens is 490 g/mol. The molecule has 182 valence electrons. The van der Waals surface area contributed by atoms with Crippen LogP contribution in [0.2, 0.25) is 5.02 Å². The molecular formula is C25H24ClN3O5S. The van der Waals surface area contributed by atoms with E-state index in [0.29, 0.717) is 30.9 Å². The summed E-state index contributed by atoms with van der Waals surface area (Å²) in [6.45, 7) is 1.75. The smallest absolute Gasteiger partial charge is 0.262 e. The van der Waals surface area contributed by atoms with Crippen molar-refractivity contribution in [3.8, 4) is 5.75 Å². The summed E-state index contributed by atoms with van der Waals surface area (Å²) < 4.78 is 33.3. The van der Waals surface area contributed by atoms with Gasteiger partial charge in [-0.05, 0) is 53.9 Å².